The summed E-state index contributed by atoms with van der Waals surface area (Å²) in [6.45, 7) is 8.38. The van der Waals surface area contributed by atoms with Gasteiger partial charge in [-0.1, -0.05) is 52.3 Å². The molecular formula is C13H26N2OS. The first-order chi connectivity index (χ1) is 7.97. The Morgan fingerprint density at radius 3 is 2.18 bits per heavy atom. The van der Waals surface area contributed by atoms with E-state index in [1.165, 1.54) is 0 Å². The maximum absolute atomic E-state index is 12.0. The highest BCUT2D eigenvalue weighted by Gasteiger charge is 2.23. The van der Waals surface area contributed by atoms with Gasteiger partial charge in [-0.2, -0.15) is 0 Å². The molecule has 100 valence electrons. The Bertz CT molecular complexity index is 252. The predicted octanol–water partition coefficient (Wildman–Crippen LogP) is 2.63. The first-order valence-electron chi connectivity index (χ1n) is 6.57. The van der Waals surface area contributed by atoms with E-state index in [-0.39, 0.29) is 17.9 Å². The van der Waals surface area contributed by atoms with E-state index in [0.717, 1.165) is 25.7 Å². The van der Waals surface area contributed by atoms with Gasteiger partial charge >= 0.3 is 0 Å². The topological polar surface area (TPSA) is 55.1 Å². The van der Waals surface area contributed by atoms with E-state index in [1.54, 1.807) is 0 Å². The van der Waals surface area contributed by atoms with Crippen molar-refractivity contribution < 1.29 is 4.79 Å². The van der Waals surface area contributed by atoms with Gasteiger partial charge in [0.15, 0.2) is 0 Å². The number of rotatable bonds is 8. The van der Waals surface area contributed by atoms with E-state index >= 15 is 0 Å². The van der Waals surface area contributed by atoms with Crippen molar-refractivity contribution >= 4 is 23.1 Å². The van der Waals surface area contributed by atoms with Crippen molar-refractivity contribution in [3.63, 3.8) is 0 Å². The van der Waals surface area contributed by atoms with Crippen molar-refractivity contribution in [2.24, 2.45) is 17.6 Å². The van der Waals surface area contributed by atoms with Crippen LogP contribution in [0.15, 0.2) is 0 Å². The molecule has 2 unspecified atom stereocenters. The van der Waals surface area contributed by atoms with Crippen LogP contribution in [0.5, 0.6) is 0 Å². The molecule has 0 aliphatic rings. The van der Waals surface area contributed by atoms with Gasteiger partial charge in [-0.05, 0) is 19.3 Å². The van der Waals surface area contributed by atoms with Gasteiger partial charge in [-0.25, -0.2) is 0 Å². The van der Waals surface area contributed by atoms with Crippen LogP contribution < -0.4 is 11.1 Å². The summed E-state index contributed by atoms with van der Waals surface area (Å²) in [6.07, 6.45) is 3.79. The molecule has 3 nitrogen and oxygen atoms in total. The molecule has 0 radical (unpaired) electrons. The molecule has 0 aromatic heterocycles. The van der Waals surface area contributed by atoms with E-state index in [1.807, 2.05) is 6.92 Å². The Labute approximate surface area is 111 Å². The van der Waals surface area contributed by atoms with Crippen LogP contribution in [0.2, 0.25) is 0 Å². The molecule has 0 saturated heterocycles. The second kappa shape index (κ2) is 8.45. The average molecular weight is 258 g/mol. The molecule has 0 aliphatic carbocycles. The highest BCUT2D eigenvalue weighted by molar-refractivity contribution is 7.80. The van der Waals surface area contributed by atoms with Gasteiger partial charge in [0, 0.05) is 6.04 Å². The minimum absolute atomic E-state index is 0.0150. The summed E-state index contributed by atoms with van der Waals surface area (Å²) in [7, 11) is 0. The molecule has 0 heterocycles. The number of hydrogen-bond donors (Lipinski definition) is 2. The fourth-order valence-electron chi connectivity index (χ4n) is 2.13. The zero-order chi connectivity index (χ0) is 13.4. The van der Waals surface area contributed by atoms with Gasteiger partial charge in [-0.15, -0.1) is 0 Å². The SMILES string of the molecule is CCCC(C(=O)NC(C)C(CC)CC)C(N)=S. The van der Waals surface area contributed by atoms with Gasteiger partial charge in [-0.3, -0.25) is 4.79 Å². The van der Waals surface area contributed by atoms with Crippen molar-refractivity contribution in [1.29, 1.82) is 0 Å². The number of thiocarbonyl (C=S) groups is 1. The normalized spacial score (nSPS) is 14.4. The lowest BCUT2D eigenvalue weighted by atomic mass is 9.94. The van der Waals surface area contributed by atoms with Gasteiger partial charge in [0.05, 0.1) is 10.9 Å². The monoisotopic (exact) mass is 258 g/mol. The molecule has 0 aromatic carbocycles. The van der Waals surface area contributed by atoms with Crippen molar-refractivity contribution in [3.05, 3.63) is 0 Å². The third-order valence-corrected chi connectivity index (χ3v) is 3.65. The summed E-state index contributed by atoms with van der Waals surface area (Å²) in [5.41, 5.74) is 5.61. The second-order valence-corrected chi connectivity index (χ2v) is 5.09. The largest absolute Gasteiger partial charge is 0.393 e. The number of nitrogens with two attached hydrogens (primary N) is 1. The summed E-state index contributed by atoms with van der Waals surface area (Å²) in [5.74, 6) is 0.193. The third kappa shape index (κ3) is 5.48. The number of carbonyl (C=O) groups is 1. The van der Waals surface area contributed by atoms with Crippen LogP contribution in [0.25, 0.3) is 0 Å². The third-order valence-electron chi connectivity index (χ3n) is 3.36. The molecule has 0 fully saturated rings. The molecule has 0 bridgehead atoms. The van der Waals surface area contributed by atoms with Gasteiger partial charge in [0.25, 0.3) is 0 Å². The maximum Gasteiger partial charge on any atom is 0.230 e. The van der Waals surface area contributed by atoms with Crippen molar-refractivity contribution in [1.82, 2.24) is 5.32 Å². The van der Waals surface area contributed by atoms with Gasteiger partial charge < -0.3 is 11.1 Å². The molecular weight excluding hydrogens is 232 g/mol. The Morgan fingerprint density at radius 1 is 1.29 bits per heavy atom. The fraction of sp³-hybridized carbons (Fsp3) is 0.846. The summed E-state index contributed by atoms with van der Waals surface area (Å²) in [5, 5.41) is 3.04. The van der Waals surface area contributed by atoms with E-state index in [0.29, 0.717) is 10.9 Å². The number of nitrogens with one attached hydrogen (secondary N) is 1. The summed E-state index contributed by atoms with van der Waals surface area (Å²) >= 11 is 4.95. The number of carbonyl (C=O) groups excluding carboxylic acids is 1. The van der Waals surface area contributed by atoms with Crippen LogP contribution in [0, 0.1) is 11.8 Å². The lowest BCUT2D eigenvalue weighted by molar-refractivity contribution is -0.124. The van der Waals surface area contributed by atoms with Crippen molar-refractivity contribution in [3.8, 4) is 0 Å². The summed E-state index contributed by atoms with van der Waals surface area (Å²) in [6, 6.07) is 0.186. The Hall–Kier alpha value is -0.640. The average Bonchev–Trinajstić information content (AvgIpc) is 2.26. The Morgan fingerprint density at radius 2 is 1.82 bits per heavy atom. The van der Waals surface area contributed by atoms with E-state index in [4.69, 9.17) is 18.0 Å². The minimum atomic E-state index is -0.313. The van der Waals surface area contributed by atoms with Crippen LogP contribution in [-0.4, -0.2) is 16.9 Å². The van der Waals surface area contributed by atoms with Crippen LogP contribution >= 0.6 is 12.2 Å². The molecule has 0 rings (SSSR count). The minimum Gasteiger partial charge on any atom is -0.393 e. The standard InChI is InChI=1S/C13H26N2OS/c1-5-8-11(12(14)17)13(16)15-9(4)10(6-2)7-3/h9-11H,5-8H2,1-4H3,(H2,14,17)(H,15,16). The predicted molar refractivity (Wildman–Crippen MR) is 76.9 cm³/mol. The molecule has 3 N–H and O–H groups in total. The van der Waals surface area contributed by atoms with Crippen LogP contribution in [0.3, 0.4) is 0 Å². The highest BCUT2D eigenvalue weighted by atomic mass is 32.1. The number of hydrogen-bond acceptors (Lipinski definition) is 2. The zero-order valence-electron chi connectivity index (χ0n) is 11.5. The molecule has 0 aliphatic heterocycles. The first kappa shape index (κ1) is 16.4. The van der Waals surface area contributed by atoms with E-state index < -0.39 is 0 Å². The van der Waals surface area contributed by atoms with Gasteiger partial charge in [0.2, 0.25) is 5.91 Å². The van der Waals surface area contributed by atoms with Crippen molar-refractivity contribution in [2.75, 3.05) is 0 Å². The number of amides is 1. The lowest BCUT2D eigenvalue weighted by Crippen LogP contribution is -2.44. The Balaban J connectivity index is 4.43. The quantitative estimate of drug-likeness (QED) is 0.658. The highest BCUT2D eigenvalue weighted by Crippen LogP contribution is 2.14. The van der Waals surface area contributed by atoms with Crippen LogP contribution in [-0.2, 0) is 4.79 Å². The summed E-state index contributed by atoms with van der Waals surface area (Å²) < 4.78 is 0. The smallest absolute Gasteiger partial charge is 0.230 e. The summed E-state index contributed by atoms with van der Waals surface area (Å²) in [4.78, 5) is 12.3. The molecule has 0 saturated carbocycles. The van der Waals surface area contributed by atoms with Crippen molar-refractivity contribution in [2.45, 2.75) is 59.4 Å². The molecule has 2 atom stereocenters. The fourth-order valence-corrected chi connectivity index (χ4v) is 2.35. The zero-order valence-corrected chi connectivity index (χ0v) is 12.3. The molecule has 0 spiro atoms. The molecule has 1 amide bonds. The van der Waals surface area contributed by atoms with E-state index in [2.05, 4.69) is 26.1 Å². The molecule has 17 heavy (non-hydrogen) atoms. The van der Waals surface area contributed by atoms with Crippen LogP contribution in [0.4, 0.5) is 0 Å². The second-order valence-electron chi connectivity index (χ2n) is 4.62. The Kier molecular flexibility index (Phi) is 8.13. The van der Waals surface area contributed by atoms with E-state index in [9.17, 15) is 4.79 Å². The lowest BCUT2D eigenvalue weighted by Gasteiger charge is -2.25. The maximum atomic E-state index is 12.0. The van der Waals surface area contributed by atoms with Crippen LogP contribution in [0.1, 0.15) is 53.4 Å². The molecule has 0 aromatic rings. The molecule has 4 heteroatoms. The first-order valence-corrected chi connectivity index (χ1v) is 6.98. The van der Waals surface area contributed by atoms with Gasteiger partial charge in [0.1, 0.15) is 0 Å².